The molecule has 36 heavy (non-hydrogen) atoms. The maximum atomic E-state index is 12.7. The van der Waals surface area contributed by atoms with Gasteiger partial charge in [-0.15, -0.1) is 5.73 Å². The van der Waals surface area contributed by atoms with Crippen molar-refractivity contribution < 1.29 is 4.79 Å². The molecular weight excluding hydrogens is 450 g/mol. The monoisotopic (exact) mass is 477 g/mol. The van der Waals surface area contributed by atoms with Gasteiger partial charge in [0.05, 0.1) is 16.9 Å². The lowest BCUT2D eigenvalue weighted by Crippen LogP contribution is -2.36. The van der Waals surface area contributed by atoms with Gasteiger partial charge in [-0.25, -0.2) is 4.98 Å². The van der Waals surface area contributed by atoms with Crippen molar-refractivity contribution in [2.24, 2.45) is 0 Å². The molecule has 1 amide bonds. The van der Waals surface area contributed by atoms with Crippen molar-refractivity contribution in [1.82, 2.24) is 30.0 Å². The Kier molecular flexibility index (Phi) is 5.64. The molecule has 0 atom stereocenters. The minimum Gasteiger partial charge on any atom is -0.355 e. The zero-order valence-corrected chi connectivity index (χ0v) is 20.1. The van der Waals surface area contributed by atoms with E-state index in [1.807, 2.05) is 65.7 Å². The third-order valence-electron chi connectivity index (χ3n) is 6.77. The number of nitrogens with zero attached hydrogens (tertiary/aromatic N) is 4. The van der Waals surface area contributed by atoms with E-state index in [0.717, 1.165) is 51.1 Å². The Labute approximate surface area is 208 Å². The van der Waals surface area contributed by atoms with Crippen LogP contribution in [0, 0.1) is 6.92 Å². The van der Waals surface area contributed by atoms with Crippen LogP contribution in [-0.4, -0.2) is 55.5 Å². The third-order valence-corrected chi connectivity index (χ3v) is 6.77. The number of amides is 1. The predicted molar refractivity (Wildman–Crippen MR) is 142 cm³/mol. The molecule has 3 N–H and O–H groups in total. The van der Waals surface area contributed by atoms with Crippen molar-refractivity contribution in [3.05, 3.63) is 84.3 Å². The number of fused-ring (bicyclic) bond motifs is 2. The summed E-state index contributed by atoms with van der Waals surface area (Å²) in [5.41, 5.74) is 10.1. The first kappa shape index (κ1) is 21.9. The molecule has 6 rings (SSSR count). The van der Waals surface area contributed by atoms with Gasteiger partial charge in [0.15, 0.2) is 0 Å². The van der Waals surface area contributed by atoms with Gasteiger partial charge in [0.2, 0.25) is 5.91 Å². The van der Waals surface area contributed by atoms with Crippen LogP contribution in [0.25, 0.3) is 27.5 Å². The minimum atomic E-state index is 0.177. The van der Waals surface area contributed by atoms with E-state index in [9.17, 15) is 4.79 Å². The number of carbonyl (C=O) groups excluding carboxylic acids is 1. The van der Waals surface area contributed by atoms with Gasteiger partial charge < -0.3 is 20.1 Å². The highest BCUT2D eigenvalue weighted by atomic mass is 16.2. The number of hydrogen-bond acceptors (Lipinski definition) is 5. The molecule has 0 fully saturated rings. The van der Waals surface area contributed by atoms with E-state index in [-0.39, 0.29) is 5.91 Å². The summed E-state index contributed by atoms with van der Waals surface area (Å²) in [6, 6.07) is 10.3. The number of benzene rings is 1. The van der Waals surface area contributed by atoms with E-state index in [0.29, 0.717) is 26.1 Å². The first-order valence-electron chi connectivity index (χ1n) is 12.2. The van der Waals surface area contributed by atoms with Crippen LogP contribution < -0.4 is 5.32 Å². The van der Waals surface area contributed by atoms with Crippen LogP contribution in [0.3, 0.4) is 0 Å². The first-order chi connectivity index (χ1) is 17.6. The first-order valence-corrected chi connectivity index (χ1v) is 12.2. The maximum absolute atomic E-state index is 12.7. The average molecular weight is 478 g/mol. The summed E-state index contributed by atoms with van der Waals surface area (Å²) >= 11 is 0. The Balaban J connectivity index is 1.16. The second kappa shape index (κ2) is 9.24. The summed E-state index contributed by atoms with van der Waals surface area (Å²) in [6.45, 7) is 4.00. The van der Waals surface area contributed by atoms with Gasteiger partial charge >= 0.3 is 0 Å². The zero-order valence-electron chi connectivity index (χ0n) is 20.1. The second-order valence-electron chi connectivity index (χ2n) is 9.11. The standard InChI is InChI=1S/C28H27N7O/c1-19-22-17-21(5-6-25(22)33-32-19)30-24-7-11-29-28-23(24)18-26(31-28)20-8-15-35(16-9-20)27(36)10-14-34-12-3-2-4-13-34/h2-3,5-8,11-13,17-18H,9-10,14-16H2,1H3,(H,32,33)(H2,29,30,31). The molecule has 8 heteroatoms. The molecule has 0 spiro atoms. The summed E-state index contributed by atoms with van der Waals surface area (Å²) in [4.78, 5) is 24.6. The summed E-state index contributed by atoms with van der Waals surface area (Å²) in [5.74, 6) is 0.177. The number of rotatable bonds is 6. The molecule has 0 saturated heterocycles. The van der Waals surface area contributed by atoms with Crippen LogP contribution in [0.2, 0.25) is 0 Å². The topological polar surface area (TPSA) is 92.9 Å². The number of pyridine rings is 1. The predicted octanol–water partition coefficient (Wildman–Crippen LogP) is 5.00. The molecule has 5 heterocycles. The number of allylic oxidation sites excluding steroid dienone is 2. The van der Waals surface area contributed by atoms with E-state index in [1.54, 1.807) is 0 Å². The summed E-state index contributed by atoms with van der Waals surface area (Å²) < 4.78 is 0. The fourth-order valence-corrected chi connectivity index (χ4v) is 4.74. The molecule has 0 saturated carbocycles. The molecule has 0 radical (unpaired) electrons. The number of carbonyl (C=O) groups is 1. The lowest BCUT2D eigenvalue weighted by atomic mass is 10.0. The van der Waals surface area contributed by atoms with Crippen molar-refractivity contribution in [1.29, 1.82) is 0 Å². The fraction of sp³-hybridized carbons (Fsp3) is 0.214. The second-order valence-corrected chi connectivity index (χ2v) is 9.11. The van der Waals surface area contributed by atoms with Crippen molar-refractivity contribution in [3.8, 4) is 0 Å². The average Bonchev–Trinajstić information content (AvgIpc) is 3.52. The molecule has 0 bridgehead atoms. The molecule has 0 unspecified atom stereocenters. The number of anilines is 2. The van der Waals surface area contributed by atoms with Gasteiger partial charge in [-0.05, 0) is 61.4 Å². The van der Waals surface area contributed by atoms with Crippen molar-refractivity contribution in [2.75, 3.05) is 25.0 Å². The fourth-order valence-electron chi connectivity index (χ4n) is 4.74. The van der Waals surface area contributed by atoms with E-state index in [4.69, 9.17) is 0 Å². The molecule has 3 aromatic heterocycles. The normalized spacial score (nSPS) is 15.2. The largest absolute Gasteiger partial charge is 0.355 e. The number of nitrogens with one attached hydrogen (secondary N) is 3. The quantitative estimate of drug-likeness (QED) is 0.340. The summed E-state index contributed by atoms with van der Waals surface area (Å²) in [5, 5.41) is 13.0. The lowest BCUT2D eigenvalue weighted by molar-refractivity contribution is -0.130. The van der Waals surface area contributed by atoms with E-state index < -0.39 is 0 Å². The van der Waals surface area contributed by atoms with Gasteiger partial charge in [-0.1, -0.05) is 6.08 Å². The maximum Gasteiger partial charge on any atom is 0.224 e. The molecular formula is C28H27N7O. The highest BCUT2D eigenvalue weighted by Crippen LogP contribution is 2.31. The molecule has 180 valence electrons. The Morgan fingerprint density at radius 1 is 1.22 bits per heavy atom. The van der Waals surface area contributed by atoms with E-state index in [2.05, 4.69) is 49.4 Å². The lowest BCUT2D eigenvalue weighted by Gasteiger charge is -2.27. The van der Waals surface area contributed by atoms with Gasteiger partial charge in [0.25, 0.3) is 0 Å². The van der Waals surface area contributed by atoms with Crippen molar-refractivity contribution in [3.63, 3.8) is 0 Å². The molecule has 8 nitrogen and oxygen atoms in total. The Morgan fingerprint density at radius 2 is 2.17 bits per heavy atom. The van der Waals surface area contributed by atoms with Crippen LogP contribution >= 0.6 is 0 Å². The third kappa shape index (κ3) is 4.30. The van der Waals surface area contributed by atoms with Crippen LogP contribution in [0.5, 0.6) is 0 Å². The van der Waals surface area contributed by atoms with Crippen LogP contribution in [0.1, 0.15) is 24.2 Å². The summed E-state index contributed by atoms with van der Waals surface area (Å²) in [7, 11) is 0. The molecule has 4 aromatic rings. The number of hydrogen-bond donors (Lipinski definition) is 3. The van der Waals surface area contributed by atoms with Crippen molar-refractivity contribution in [2.45, 2.75) is 19.8 Å². The van der Waals surface area contributed by atoms with E-state index >= 15 is 0 Å². The van der Waals surface area contributed by atoms with Gasteiger partial charge in [-0.2, -0.15) is 5.10 Å². The van der Waals surface area contributed by atoms with Crippen LogP contribution in [0.15, 0.2) is 72.9 Å². The van der Waals surface area contributed by atoms with Gasteiger partial charge in [-0.3, -0.25) is 9.89 Å². The Bertz CT molecular complexity index is 1580. The SMILES string of the molecule is Cc1n[nH]c2ccc(Nc3ccnc4[nH]c(C5=CCN(C(=O)CCN6C=C=CC=C6)CC5)cc34)cc12. The molecule has 1 aromatic carbocycles. The molecule has 2 aliphatic heterocycles. The van der Waals surface area contributed by atoms with Crippen LogP contribution in [0.4, 0.5) is 11.4 Å². The van der Waals surface area contributed by atoms with Crippen molar-refractivity contribution >= 4 is 44.8 Å². The Hall–Kier alpha value is -4.55. The number of aromatic nitrogens is 4. The van der Waals surface area contributed by atoms with Gasteiger partial charge in [0, 0.05) is 66.8 Å². The molecule has 2 aliphatic rings. The zero-order chi connectivity index (χ0) is 24.5. The number of aryl methyl sites for hydroxylation is 1. The number of H-pyrrole nitrogens is 2. The smallest absolute Gasteiger partial charge is 0.224 e. The van der Waals surface area contributed by atoms with Gasteiger partial charge in [0.1, 0.15) is 5.65 Å². The molecule has 0 aliphatic carbocycles. The number of aromatic amines is 2. The van der Waals surface area contributed by atoms with Crippen LogP contribution in [-0.2, 0) is 4.79 Å². The summed E-state index contributed by atoms with van der Waals surface area (Å²) in [6.07, 6.45) is 12.9. The van der Waals surface area contributed by atoms with E-state index in [1.165, 1.54) is 5.57 Å². The Morgan fingerprint density at radius 3 is 3.00 bits per heavy atom. The highest BCUT2D eigenvalue weighted by Gasteiger charge is 2.20. The highest BCUT2D eigenvalue weighted by molar-refractivity contribution is 5.95. The minimum absolute atomic E-state index is 0.177.